The van der Waals surface area contributed by atoms with Crippen LogP contribution >= 0.6 is 31.0 Å². The van der Waals surface area contributed by atoms with Crippen LogP contribution in [0.15, 0.2) is 0 Å². The Bertz CT molecular complexity index is 408. The molecular formula is C10H21ClN3O5PS. The highest BCUT2D eigenvalue weighted by Gasteiger charge is 2.29. The van der Waals surface area contributed by atoms with Crippen LogP contribution in [0.3, 0.4) is 0 Å². The first-order chi connectivity index (χ1) is 9.63. The van der Waals surface area contributed by atoms with Crippen LogP contribution in [-0.4, -0.2) is 57.4 Å². The van der Waals surface area contributed by atoms with E-state index in [0.29, 0.717) is 12.2 Å². The number of rotatable bonds is 9. The quantitative estimate of drug-likeness (QED) is 0.273. The molecule has 0 radical (unpaired) electrons. The van der Waals surface area contributed by atoms with Crippen molar-refractivity contribution < 1.29 is 23.9 Å². The minimum absolute atomic E-state index is 0.235. The summed E-state index contributed by atoms with van der Waals surface area (Å²) in [6.07, 6.45) is 2.33. The number of halogens is 1. The zero-order chi connectivity index (χ0) is 16.6. The van der Waals surface area contributed by atoms with Gasteiger partial charge in [-0.3, -0.25) is 14.2 Å². The molecule has 0 spiro atoms. The third-order valence-corrected chi connectivity index (χ3v) is 4.70. The van der Waals surface area contributed by atoms with Crippen LogP contribution in [0.25, 0.3) is 0 Å². The monoisotopic (exact) mass is 361 g/mol. The molecule has 6 N–H and O–H groups in total. The van der Waals surface area contributed by atoms with Gasteiger partial charge in [0.25, 0.3) is 0 Å². The van der Waals surface area contributed by atoms with Gasteiger partial charge in [0.2, 0.25) is 11.8 Å². The fourth-order valence-corrected chi connectivity index (χ4v) is 2.22. The summed E-state index contributed by atoms with van der Waals surface area (Å²) in [5, 5.41) is 4.47. The van der Waals surface area contributed by atoms with Gasteiger partial charge in [0.15, 0.2) is 0 Å². The summed E-state index contributed by atoms with van der Waals surface area (Å²) in [6.45, 7) is 1.16. The van der Waals surface area contributed by atoms with E-state index in [-0.39, 0.29) is 5.88 Å². The van der Waals surface area contributed by atoms with Gasteiger partial charge in [-0.2, -0.15) is 11.8 Å². The maximum Gasteiger partial charge on any atom is 0.347 e. The molecule has 0 rings (SSSR count). The second-order valence-corrected chi connectivity index (χ2v) is 7.62. The van der Waals surface area contributed by atoms with Gasteiger partial charge in [0.1, 0.15) is 11.8 Å². The van der Waals surface area contributed by atoms with Crippen molar-refractivity contribution in [1.82, 2.24) is 10.6 Å². The number of amides is 2. The Balaban J connectivity index is 4.53. The second-order valence-electron chi connectivity index (χ2n) is 4.38. The molecule has 0 aliphatic rings. The van der Waals surface area contributed by atoms with Crippen LogP contribution in [0.4, 0.5) is 0 Å². The Morgan fingerprint density at radius 1 is 1.33 bits per heavy atom. The fourth-order valence-electron chi connectivity index (χ4n) is 1.22. The van der Waals surface area contributed by atoms with Crippen molar-refractivity contribution >= 4 is 42.8 Å². The summed E-state index contributed by atoms with van der Waals surface area (Å²) in [5.41, 5.74) is 5.65. The molecular weight excluding hydrogens is 341 g/mol. The molecule has 2 amide bonds. The minimum Gasteiger partial charge on any atom is -0.342 e. The number of hydrogen-bond acceptors (Lipinski definition) is 5. The van der Waals surface area contributed by atoms with Gasteiger partial charge in [-0.05, 0) is 25.4 Å². The number of carbonyl (C=O) groups is 2. The normalized spacial score (nSPS) is 15.9. The van der Waals surface area contributed by atoms with E-state index in [4.69, 9.17) is 27.1 Å². The molecule has 124 valence electrons. The van der Waals surface area contributed by atoms with Crippen LogP contribution < -0.4 is 16.4 Å². The standard InChI is InChI=1S/C10H21ClN3O5PS/c1-6(20(17,18)19)13-10(16)8(5-11)14-9(15)7(12)3-4-21-2/h6-8H,3-5,12H2,1-2H3,(H,13,16)(H,14,15)(H2,17,18,19)/t6?,7-,8-/m0/s1. The highest BCUT2D eigenvalue weighted by Crippen LogP contribution is 2.39. The van der Waals surface area contributed by atoms with Gasteiger partial charge in [-0.1, -0.05) is 0 Å². The largest absolute Gasteiger partial charge is 0.347 e. The summed E-state index contributed by atoms with van der Waals surface area (Å²) in [5.74, 6) is -2.21. The van der Waals surface area contributed by atoms with Crippen molar-refractivity contribution in [2.24, 2.45) is 5.73 Å². The third-order valence-electron chi connectivity index (χ3n) is 2.61. The molecule has 0 aromatic carbocycles. The van der Waals surface area contributed by atoms with E-state index in [1.54, 1.807) is 0 Å². The molecule has 1 unspecified atom stereocenters. The summed E-state index contributed by atoms with van der Waals surface area (Å²) >= 11 is 7.14. The Labute approximate surface area is 132 Å². The zero-order valence-electron chi connectivity index (χ0n) is 11.8. The molecule has 0 aromatic heterocycles. The molecule has 8 nitrogen and oxygen atoms in total. The third kappa shape index (κ3) is 8.04. The molecule has 21 heavy (non-hydrogen) atoms. The van der Waals surface area contributed by atoms with Crippen molar-refractivity contribution in [3.63, 3.8) is 0 Å². The molecule has 3 atom stereocenters. The zero-order valence-corrected chi connectivity index (χ0v) is 14.3. The van der Waals surface area contributed by atoms with Crippen molar-refractivity contribution in [3.05, 3.63) is 0 Å². The molecule has 0 saturated heterocycles. The lowest BCUT2D eigenvalue weighted by molar-refractivity contribution is -0.129. The van der Waals surface area contributed by atoms with Crippen LogP contribution in [0, 0.1) is 0 Å². The molecule has 0 fully saturated rings. The first-order valence-electron chi connectivity index (χ1n) is 6.10. The first kappa shape index (κ1) is 20.7. The summed E-state index contributed by atoms with van der Waals surface area (Å²) < 4.78 is 11.0. The number of carbonyl (C=O) groups excluding carboxylic acids is 2. The Kier molecular flexibility index (Phi) is 9.51. The van der Waals surface area contributed by atoms with E-state index < -0.39 is 37.3 Å². The number of nitrogens with two attached hydrogens (primary N) is 1. The number of alkyl halides is 1. The Morgan fingerprint density at radius 2 is 1.90 bits per heavy atom. The van der Waals surface area contributed by atoms with Gasteiger partial charge in [0, 0.05) is 0 Å². The predicted octanol–water partition coefficient (Wildman–Crippen LogP) is -0.570. The number of thioether (sulfide) groups is 1. The molecule has 0 aliphatic carbocycles. The van der Waals surface area contributed by atoms with Gasteiger partial charge in [0.05, 0.1) is 11.9 Å². The average molecular weight is 362 g/mol. The maximum atomic E-state index is 11.8. The minimum atomic E-state index is -4.44. The van der Waals surface area contributed by atoms with Crippen LogP contribution in [0.2, 0.25) is 0 Å². The van der Waals surface area contributed by atoms with Crippen molar-refractivity contribution in [2.75, 3.05) is 17.9 Å². The summed E-state index contributed by atoms with van der Waals surface area (Å²) in [4.78, 5) is 41.4. The fraction of sp³-hybridized carbons (Fsp3) is 0.800. The Morgan fingerprint density at radius 3 is 2.33 bits per heavy atom. The van der Waals surface area contributed by atoms with Gasteiger partial charge in [-0.25, -0.2) is 0 Å². The van der Waals surface area contributed by atoms with Crippen LogP contribution in [-0.2, 0) is 14.2 Å². The van der Waals surface area contributed by atoms with E-state index >= 15 is 0 Å². The van der Waals surface area contributed by atoms with Crippen LogP contribution in [0.1, 0.15) is 13.3 Å². The number of nitrogens with one attached hydrogen (secondary N) is 2. The molecule has 0 aromatic rings. The summed E-state index contributed by atoms with van der Waals surface area (Å²) in [7, 11) is -4.44. The van der Waals surface area contributed by atoms with Crippen molar-refractivity contribution in [1.29, 1.82) is 0 Å². The average Bonchev–Trinajstić information content (AvgIpc) is 2.40. The molecule has 0 heterocycles. The highest BCUT2D eigenvalue weighted by molar-refractivity contribution is 7.98. The van der Waals surface area contributed by atoms with E-state index in [0.717, 1.165) is 6.92 Å². The number of hydrogen-bond donors (Lipinski definition) is 5. The molecule has 11 heteroatoms. The second kappa shape index (κ2) is 9.66. The lowest BCUT2D eigenvalue weighted by Crippen LogP contribution is -2.53. The smallest absolute Gasteiger partial charge is 0.342 e. The van der Waals surface area contributed by atoms with Gasteiger partial charge >= 0.3 is 7.60 Å². The first-order valence-corrected chi connectivity index (χ1v) is 9.71. The Hall–Kier alpha value is -0.310. The lowest BCUT2D eigenvalue weighted by Gasteiger charge is -2.21. The topological polar surface area (TPSA) is 142 Å². The van der Waals surface area contributed by atoms with E-state index in [1.807, 2.05) is 6.26 Å². The van der Waals surface area contributed by atoms with Crippen molar-refractivity contribution in [2.45, 2.75) is 31.2 Å². The lowest BCUT2D eigenvalue weighted by atomic mass is 10.2. The van der Waals surface area contributed by atoms with E-state index in [9.17, 15) is 14.2 Å². The SMILES string of the molecule is CSCC[C@H](N)C(=O)N[C@@H](CCl)C(=O)NC(C)P(=O)(O)O. The van der Waals surface area contributed by atoms with Crippen LogP contribution in [0.5, 0.6) is 0 Å². The highest BCUT2D eigenvalue weighted by atomic mass is 35.5. The van der Waals surface area contributed by atoms with E-state index in [2.05, 4.69) is 10.6 Å². The molecule has 0 aliphatic heterocycles. The van der Waals surface area contributed by atoms with Crippen molar-refractivity contribution in [3.8, 4) is 0 Å². The molecule has 0 bridgehead atoms. The maximum absolute atomic E-state index is 11.8. The molecule has 0 saturated carbocycles. The summed E-state index contributed by atoms with van der Waals surface area (Å²) in [6, 6.07) is -1.87. The predicted molar refractivity (Wildman–Crippen MR) is 83.3 cm³/mol. The van der Waals surface area contributed by atoms with Gasteiger partial charge in [-0.15, -0.1) is 11.6 Å². The van der Waals surface area contributed by atoms with Gasteiger partial charge < -0.3 is 26.2 Å². The van der Waals surface area contributed by atoms with E-state index in [1.165, 1.54) is 11.8 Å².